The Hall–Kier alpha value is -3.00. The van der Waals surface area contributed by atoms with Gasteiger partial charge in [0.2, 0.25) is 5.92 Å². The Morgan fingerprint density at radius 1 is 1.18 bits per heavy atom. The van der Waals surface area contributed by atoms with E-state index in [1.807, 2.05) is 0 Å². The average molecular weight is 461 g/mol. The van der Waals surface area contributed by atoms with Crippen molar-refractivity contribution in [2.45, 2.75) is 46.0 Å². The van der Waals surface area contributed by atoms with Gasteiger partial charge in [0.05, 0.1) is 17.6 Å². The first-order valence-corrected chi connectivity index (χ1v) is 11.0. The van der Waals surface area contributed by atoms with E-state index in [1.54, 1.807) is 30.6 Å². The summed E-state index contributed by atoms with van der Waals surface area (Å²) in [4.78, 5) is 17.5. The van der Waals surface area contributed by atoms with Crippen LogP contribution in [0.4, 0.5) is 13.2 Å². The minimum Gasteiger partial charge on any atom is -0.307 e. The molecule has 0 saturated heterocycles. The van der Waals surface area contributed by atoms with Gasteiger partial charge in [-0.3, -0.25) is 9.78 Å². The van der Waals surface area contributed by atoms with Crippen molar-refractivity contribution in [1.29, 1.82) is 0 Å². The molecule has 1 aromatic carbocycles. The van der Waals surface area contributed by atoms with E-state index in [9.17, 15) is 18.0 Å². The van der Waals surface area contributed by atoms with Gasteiger partial charge < -0.3 is 4.90 Å². The van der Waals surface area contributed by atoms with Crippen LogP contribution in [0, 0.1) is 5.82 Å². The molecule has 0 N–H and O–H groups in total. The Balaban J connectivity index is 0.000000479. The van der Waals surface area contributed by atoms with Crippen molar-refractivity contribution < 1.29 is 18.0 Å². The minimum absolute atomic E-state index is 0.0375. The summed E-state index contributed by atoms with van der Waals surface area (Å²) in [5.74, 6) is -3.36. The van der Waals surface area contributed by atoms with E-state index in [4.69, 9.17) is 0 Å². The van der Waals surface area contributed by atoms with Gasteiger partial charge in [0.25, 0.3) is 0 Å². The molecule has 3 aromatic rings. The number of halogens is 3. The van der Waals surface area contributed by atoms with Crippen LogP contribution in [-0.2, 0) is 6.42 Å². The van der Waals surface area contributed by atoms with Gasteiger partial charge in [-0.2, -0.15) is 5.10 Å². The molecule has 0 unspecified atom stereocenters. The maximum atomic E-state index is 14.1. The molecule has 0 aliphatic heterocycles. The fourth-order valence-electron chi connectivity index (χ4n) is 3.18. The molecule has 33 heavy (non-hydrogen) atoms. The van der Waals surface area contributed by atoms with Gasteiger partial charge in [-0.15, -0.1) is 0 Å². The lowest BCUT2D eigenvalue weighted by Crippen LogP contribution is -2.17. The molecule has 3 rings (SSSR count). The number of pyridine rings is 1. The monoisotopic (exact) mass is 460 g/mol. The molecule has 2 aromatic heterocycles. The zero-order valence-corrected chi connectivity index (χ0v) is 19.6. The molecule has 178 valence electrons. The predicted molar refractivity (Wildman–Crippen MR) is 125 cm³/mol. The molecule has 0 aliphatic carbocycles. The molecule has 0 saturated carbocycles. The molecule has 5 nitrogen and oxygen atoms in total. The predicted octanol–water partition coefficient (Wildman–Crippen LogP) is 5.82. The Morgan fingerprint density at radius 2 is 1.94 bits per heavy atom. The lowest BCUT2D eigenvalue weighted by atomic mass is 10.0. The normalized spacial score (nSPS) is 11.3. The van der Waals surface area contributed by atoms with E-state index >= 15 is 0 Å². The van der Waals surface area contributed by atoms with Gasteiger partial charge in [0.15, 0.2) is 6.29 Å². The van der Waals surface area contributed by atoms with Crippen LogP contribution in [0.5, 0.6) is 0 Å². The Bertz CT molecular complexity index is 1020. The lowest BCUT2D eigenvalue weighted by Gasteiger charge is -2.12. The van der Waals surface area contributed by atoms with Crippen LogP contribution in [0.25, 0.3) is 16.9 Å². The summed E-state index contributed by atoms with van der Waals surface area (Å²) < 4.78 is 41.8. The smallest absolute Gasteiger partial charge is 0.245 e. The Morgan fingerprint density at radius 3 is 2.48 bits per heavy atom. The van der Waals surface area contributed by atoms with Crippen LogP contribution in [0.1, 0.15) is 49.7 Å². The maximum Gasteiger partial charge on any atom is 0.245 e. The number of aryl methyl sites for hydroxylation is 1. The summed E-state index contributed by atoms with van der Waals surface area (Å²) in [6.07, 6.45) is 4.67. The van der Waals surface area contributed by atoms with Crippen LogP contribution < -0.4 is 0 Å². The van der Waals surface area contributed by atoms with Gasteiger partial charge in [0, 0.05) is 18.2 Å². The molecule has 0 atom stereocenters. The van der Waals surface area contributed by atoms with Crippen molar-refractivity contribution in [3.63, 3.8) is 0 Å². The molecular weight excluding hydrogens is 429 g/mol. The summed E-state index contributed by atoms with van der Waals surface area (Å²) in [5, 5.41) is 4.19. The average Bonchev–Trinajstić information content (AvgIpc) is 3.23. The van der Waals surface area contributed by atoms with Crippen molar-refractivity contribution >= 4 is 6.29 Å². The van der Waals surface area contributed by atoms with E-state index < -0.39 is 11.7 Å². The number of aromatic nitrogens is 3. The summed E-state index contributed by atoms with van der Waals surface area (Å²) >= 11 is 0. The summed E-state index contributed by atoms with van der Waals surface area (Å²) in [7, 11) is 2.14. The van der Waals surface area contributed by atoms with Crippen LogP contribution in [0.15, 0.2) is 48.8 Å². The summed E-state index contributed by atoms with van der Waals surface area (Å²) in [6, 6.07) is 9.13. The molecule has 0 amide bonds. The third-order valence-electron chi connectivity index (χ3n) is 4.99. The SMILES string of the molecule is CC(F)(F)CCc1cc(F)cc(-c2cc(C=O)nn2-c2cccnc2)c1.CCCN(C)CC. The van der Waals surface area contributed by atoms with Gasteiger partial charge in [0.1, 0.15) is 11.5 Å². The third kappa shape index (κ3) is 8.46. The lowest BCUT2D eigenvalue weighted by molar-refractivity contribution is 0.0133. The van der Waals surface area contributed by atoms with Gasteiger partial charge in [-0.25, -0.2) is 17.9 Å². The second kappa shape index (κ2) is 12.3. The molecule has 0 fully saturated rings. The number of alkyl halides is 2. The van der Waals surface area contributed by atoms with Crippen LogP contribution in [0.2, 0.25) is 0 Å². The van der Waals surface area contributed by atoms with Crippen LogP contribution in [0.3, 0.4) is 0 Å². The highest BCUT2D eigenvalue weighted by atomic mass is 19.3. The van der Waals surface area contributed by atoms with Crippen LogP contribution in [-0.4, -0.2) is 52.0 Å². The topological polar surface area (TPSA) is 51.0 Å². The number of hydrogen-bond acceptors (Lipinski definition) is 4. The quantitative estimate of drug-likeness (QED) is 0.378. The van der Waals surface area contributed by atoms with Crippen LogP contribution >= 0.6 is 0 Å². The van der Waals surface area contributed by atoms with E-state index in [1.165, 1.54) is 42.4 Å². The minimum atomic E-state index is -2.82. The van der Waals surface area contributed by atoms with Crippen molar-refractivity contribution in [2.75, 3.05) is 20.1 Å². The Labute approximate surface area is 193 Å². The first-order valence-electron chi connectivity index (χ1n) is 11.0. The molecule has 0 radical (unpaired) electrons. The van der Waals surface area contributed by atoms with Gasteiger partial charge in [-0.1, -0.05) is 13.8 Å². The van der Waals surface area contributed by atoms with E-state index in [-0.39, 0.29) is 18.5 Å². The number of carbonyl (C=O) groups is 1. The van der Waals surface area contributed by atoms with E-state index in [0.29, 0.717) is 28.8 Å². The third-order valence-corrected chi connectivity index (χ3v) is 4.99. The first-order chi connectivity index (χ1) is 15.7. The number of nitrogens with zero attached hydrogens (tertiary/aromatic N) is 4. The molecular formula is C25H31F3N4O. The molecule has 0 aliphatic rings. The highest BCUT2D eigenvalue weighted by molar-refractivity contribution is 5.76. The second-order valence-electron chi connectivity index (χ2n) is 8.01. The number of rotatable bonds is 9. The molecule has 0 bridgehead atoms. The van der Waals surface area contributed by atoms with Gasteiger partial charge >= 0.3 is 0 Å². The van der Waals surface area contributed by atoms with Crippen molar-refractivity contribution in [2.24, 2.45) is 0 Å². The zero-order chi connectivity index (χ0) is 24.4. The Kier molecular flexibility index (Phi) is 9.78. The highest BCUT2D eigenvalue weighted by Gasteiger charge is 2.21. The van der Waals surface area contributed by atoms with E-state index in [2.05, 4.69) is 35.9 Å². The maximum absolute atomic E-state index is 14.1. The fraction of sp³-hybridized carbons (Fsp3) is 0.400. The number of carbonyl (C=O) groups excluding carboxylic acids is 1. The largest absolute Gasteiger partial charge is 0.307 e. The van der Waals surface area contributed by atoms with E-state index in [0.717, 1.165) is 6.92 Å². The molecule has 2 heterocycles. The summed E-state index contributed by atoms with van der Waals surface area (Å²) in [6.45, 7) is 7.62. The molecule has 8 heteroatoms. The van der Waals surface area contributed by atoms with Gasteiger partial charge in [-0.05, 0) is 81.9 Å². The number of benzene rings is 1. The first kappa shape index (κ1) is 26.3. The van der Waals surface area contributed by atoms with Crippen molar-refractivity contribution in [3.8, 4) is 16.9 Å². The number of hydrogen-bond donors (Lipinski definition) is 0. The van der Waals surface area contributed by atoms with Crippen molar-refractivity contribution in [1.82, 2.24) is 19.7 Å². The molecule has 0 spiro atoms. The number of aldehydes is 1. The second-order valence-corrected chi connectivity index (χ2v) is 8.01. The highest BCUT2D eigenvalue weighted by Crippen LogP contribution is 2.27. The summed E-state index contributed by atoms with van der Waals surface area (Å²) in [5.41, 5.74) is 2.15. The van der Waals surface area contributed by atoms with Crippen molar-refractivity contribution in [3.05, 3.63) is 65.9 Å². The standard InChI is InChI=1S/C19H16F3N3O.C6H15N/c1-19(21,22)5-4-13-7-14(9-15(20)8-13)18-10-16(12-26)24-25(18)17-3-2-6-23-11-17;1-4-6-7(3)5-2/h2-3,6-12H,4-5H2,1H3;4-6H2,1-3H3. The fourth-order valence-corrected chi connectivity index (χ4v) is 3.18. The zero-order valence-electron chi connectivity index (χ0n) is 19.6.